The Bertz CT molecular complexity index is 750. The molecule has 0 spiro atoms. The Labute approximate surface area is 145 Å². The maximum absolute atomic E-state index is 12.2. The summed E-state index contributed by atoms with van der Waals surface area (Å²) in [6.07, 6.45) is 0. The van der Waals surface area contributed by atoms with Crippen LogP contribution in [0.3, 0.4) is 0 Å². The van der Waals surface area contributed by atoms with Gasteiger partial charge >= 0.3 is 0 Å². The first-order valence-electron chi connectivity index (χ1n) is 8.35. The van der Waals surface area contributed by atoms with Crippen LogP contribution in [0.25, 0.3) is 0 Å². The van der Waals surface area contributed by atoms with E-state index in [0.29, 0.717) is 0 Å². The van der Waals surface area contributed by atoms with Crippen LogP contribution >= 0.6 is 0 Å². The van der Waals surface area contributed by atoms with Gasteiger partial charge in [0.2, 0.25) is 0 Å². The number of amides is 1. The summed E-state index contributed by atoms with van der Waals surface area (Å²) in [6.45, 7) is 12.3. The van der Waals surface area contributed by atoms with Crippen molar-refractivity contribution in [3.63, 3.8) is 0 Å². The molecule has 0 aromatic heterocycles. The number of ether oxygens (including phenoxy) is 1. The van der Waals surface area contributed by atoms with Gasteiger partial charge in [-0.3, -0.25) is 4.79 Å². The number of hydrogen-bond donors (Lipinski definition) is 1. The van der Waals surface area contributed by atoms with Crippen LogP contribution < -0.4 is 10.1 Å². The second-order valence-corrected chi connectivity index (χ2v) is 6.57. The molecule has 3 heteroatoms. The fourth-order valence-electron chi connectivity index (χ4n) is 2.83. The normalized spacial score (nSPS) is 11.9. The van der Waals surface area contributed by atoms with E-state index in [2.05, 4.69) is 38.2 Å². The van der Waals surface area contributed by atoms with Gasteiger partial charge in [-0.15, -0.1) is 0 Å². The van der Waals surface area contributed by atoms with Gasteiger partial charge < -0.3 is 10.1 Å². The molecule has 0 fully saturated rings. The van der Waals surface area contributed by atoms with Crippen LogP contribution in [-0.2, 0) is 4.79 Å². The average molecular weight is 325 g/mol. The van der Waals surface area contributed by atoms with Crippen molar-refractivity contribution < 1.29 is 9.53 Å². The molecule has 1 N–H and O–H groups in total. The Balaban J connectivity index is 1.99. The zero-order valence-corrected chi connectivity index (χ0v) is 15.5. The van der Waals surface area contributed by atoms with Crippen LogP contribution in [0.5, 0.6) is 5.75 Å². The van der Waals surface area contributed by atoms with Crippen molar-refractivity contribution in [3.8, 4) is 5.75 Å². The third-order valence-corrected chi connectivity index (χ3v) is 4.64. The van der Waals surface area contributed by atoms with Gasteiger partial charge in [0, 0.05) is 0 Å². The summed E-state index contributed by atoms with van der Waals surface area (Å²) < 4.78 is 5.68. The lowest BCUT2D eigenvalue weighted by molar-refractivity contribution is -0.123. The summed E-state index contributed by atoms with van der Waals surface area (Å²) in [5.74, 6) is 0.654. The van der Waals surface area contributed by atoms with Gasteiger partial charge in [0.15, 0.2) is 6.61 Å². The minimum atomic E-state index is -0.110. The molecule has 0 saturated heterocycles. The molecular formula is C21H27NO2. The lowest BCUT2D eigenvalue weighted by Gasteiger charge is -2.19. The molecule has 3 nitrogen and oxygen atoms in total. The van der Waals surface area contributed by atoms with E-state index in [1.54, 1.807) is 0 Å². The van der Waals surface area contributed by atoms with E-state index in [9.17, 15) is 4.79 Å². The van der Waals surface area contributed by atoms with Crippen molar-refractivity contribution in [1.82, 2.24) is 5.32 Å². The van der Waals surface area contributed by atoms with Gasteiger partial charge in [-0.1, -0.05) is 24.3 Å². The van der Waals surface area contributed by atoms with Crippen molar-refractivity contribution in [2.75, 3.05) is 6.61 Å². The smallest absolute Gasteiger partial charge is 0.258 e. The summed E-state index contributed by atoms with van der Waals surface area (Å²) in [5, 5.41) is 3.02. The molecule has 24 heavy (non-hydrogen) atoms. The molecule has 0 radical (unpaired) electrons. The Morgan fingerprint density at radius 3 is 2.38 bits per heavy atom. The topological polar surface area (TPSA) is 38.3 Å². The van der Waals surface area contributed by atoms with Crippen LogP contribution in [0.2, 0.25) is 0 Å². The summed E-state index contributed by atoms with van der Waals surface area (Å²) in [7, 11) is 0. The molecule has 128 valence electrons. The maximum Gasteiger partial charge on any atom is 0.258 e. The number of nitrogens with one attached hydrogen (secondary N) is 1. The zero-order valence-electron chi connectivity index (χ0n) is 15.5. The predicted octanol–water partition coefficient (Wildman–Crippen LogP) is 4.48. The van der Waals surface area contributed by atoms with Crippen LogP contribution in [0, 0.1) is 34.6 Å². The predicted molar refractivity (Wildman–Crippen MR) is 98.6 cm³/mol. The van der Waals surface area contributed by atoms with Crippen LogP contribution in [-0.4, -0.2) is 12.5 Å². The second kappa shape index (κ2) is 7.52. The molecule has 1 atom stereocenters. The highest BCUT2D eigenvalue weighted by atomic mass is 16.5. The third kappa shape index (κ3) is 4.16. The molecule has 0 bridgehead atoms. The number of benzene rings is 2. The Morgan fingerprint density at radius 2 is 1.67 bits per heavy atom. The van der Waals surface area contributed by atoms with Crippen molar-refractivity contribution >= 4 is 5.91 Å². The van der Waals surface area contributed by atoms with Crippen LogP contribution in [0.4, 0.5) is 0 Å². The van der Waals surface area contributed by atoms with Gasteiger partial charge in [-0.2, -0.15) is 0 Å². The van der Waals surface area contributed by atoms with Gasteiger partial charge in [0.25, 0.3) is 5.91 Å². The van der Waals surface area contributed by atoms with E-state index >= 15 is 0 Å². The fourth-order valence-corrected chi connectivity index (χ4v) is 2.83. The van der Waals surface area contributed by atoms with E-state index in [4.69, 9.17) is 4.74 Å². The van der Waals surface area contributed by atoms with E-state index in [0.717, 1.165) is 22.4 Å². The molecule has 0 aliphatic carbocycles. The second-order valence-electron chi connectivity index (χ2n) is 6.57. The molecule has 2 aromatic carbocycles. The van der Waals surface area contributed by atoms with E-state index < -0.39 is 0 Å². The first-order chi connectivity index (χ1) is 11.3. The molecule has 2 aromatic rings. The SMILES string of the molecule is Cc1cc(C)c(C(C)NC(=O)COc2cccc(C)c2C)cc1C. The average Bonchev–Trinajstić information content (AvgIpc) is 2.52. The van der Waals surface area contributed by atoms with Gasteiger partial charge in [0.1, 0.15) is 5.75 Å². The molecule has 1 unspecified atom stereocenters. The van der Waals surface area contributed by atoms with Gasteiger partial charge in [-0.05, 0) is 81.0 Å². The van der Waals surface area contributed by atoms with Crippen molar-refractivity contribution in [2.24, 2.45) is 0 Å². The first kappa shape index (κ1) is 18.1. The monoisotopic (exact) mass is 325 g/mol. The molecule has 0 aliphatic rings. The van der Waals surface area contributed by atoms with E-state index in [1.807, 2.05) is 39.0 Å². The summed E-state index contributed by atoms with van der Waals surface area (Å²) in [5.41, 5.74) is 7.09. The molecule has 0 aliphatic heterocycles. The minimum Gasteiger partial charge on any atom is -0.483 e. The molecule has 0 heterocycles. The summed E-state index contributed by atoms with van der Waals surface area (Å²) in [6, 6.07) is 10.1. The van der Waals surface area contributed by atoms with Crippen LogP contribution in [0.1, 0.15) is 46.3 Å². The molecular weight excluding hydrogens is 298 g/mol. The van der Waals surface area contributed by atoms with Gasteiger partial charge in [0.05, 0.1) is 6.04 Å². The number of carbonyl (C=O) groups is 1. The maximum atomic E-state index is 12.2. The van der Waals surface area contributed by atoms with Crippen molar-refractivity contribution in [2.45, 2.75) is 47.6 Å². The van der Waals surface area contributed by atoms with E-state index in [-0.39, 0.29) is 18.6 Å². The largest absolute Gasteiger partial charge is 0.483 e. The Morgan fingerprint density at radius 1 is 1.00 bits per heavy atom. The quantitative estimate of drug-likeness (QED) is 0.880. The summed E-state index contributed by atoms with van der Waals surface area (Å²) in [4.78, 5) is 12.2. The number of rotatable bonds is 5. The number of aryl methyl sites for hydroxylation is 4. The van der Waals surface area contributed by atoms with Crippen molar-refractivity contribution in [3.05, 3.63) is 63.7 Å². The lowest BCUT2D eigenvalue weighted by atomic mass is 9.96. The highest BCUT2D eigenvalue weighted by molar-refractivity contribution is 5.78. The fraction of sp³-hybridized carbons (Fsp3) is 0.381. The molecule has 2 rings (SSSR count). The minimum absolute atomic E-state index is 0.0263. The summed E-state index contributed by atoms with van der Waals surface area (Å²) >= 11 is 0. The third-order valence-electron chi connectivity index (χ3n) is 4.64. The number of carbonyl (C=O) groups excluding carboxylic acids is 1. The molecule has 0 saturated carbocycles. The standard InChI is InChI=1S/C21H27NO2/c1-13-8-7-9-20(17(13)5)24-12-21(23)22-18(6)19-11-15(3)14(2)10-16(19)4/h7-11,18H,12H2,1-6H3,(H,22,23). The van der Waals surface area contributed by atoms with E-state index in [1.165, 1.54) is 16.7 Å². The van der Waals surface area contributed by atoms with Crippen molar-refractivity contribution in [1.29, 1.82) is 0 Å². The zero-order chi connectivity index (χ0) is 17.9. The van der Waals surface area contributed by atoms with Gasteiger partial charge in [-0.25, -0.2) is 0 Å². The highest BCUT2D eigenvalue weighted by Gasteiger charge is 2.14. The number of hydrogen-bond acceptors (Lipinski definition) is 2. The first-order valence-corrected chi connectivity index (χ1v) is 8.35. The van der Waals surface area contributed by atoms with Crippen LogP contribution in [0.15, 0.2) is 30.3 Å². The Hall–Kier alpha value is -2.29. The lowest BCUT2D eigenvalue weighted by Crippen LogP contribution is -2.31. The Kier molecular flexibility index (Phi) is 5.66. The highest BCUT2D eigenvalue weighted by Crippen LogP contribution is 2.22. The molecule has 1 amide bonds.